The quantitative estimate of drug-likeness (QED) is 0.767. The molecule has 5 nitrogen and oxygen atoms in total. The van der Waals surface area contributed by atoms with Crippen LogP contribution in [0.5, 0.6) is 11.5 Å². The van der Waals surface area contributed by atoms with Gasteiger partial charge in [-0.3, -0.25) is 4.79 Å². The molecular formula is C15H24N2O3. The van der Waals surface area contributed by atoms with Gasteiger partial charge in [-0.25, -0.2) is 0 Å². The Labute approximate surface area is 120 Å². The SMILES string of the molecule is CCOc1cc(NC(=O)C(C)CCCN)ccc1OC. The third-order valence-corrected chi connectivity index (χ3v) is 3.02. The predicted octanol–water partition coefficient (Wildman–Crippen LogP) is 2.41. The van der Waals surface area contributed by atoms with Gasteiger partial charge in [0.25, 0.3) is 0 Å². The molecule has 0 aliphatic rings. The molecule has 0 bridgehead atoms. The molecule has 0 radical (unpaired) electrons. The zero-order valence-electron chi connectivity index (χ0n) is 12.4. The lowest BCUT2D eigenvalue weighted by Crippen LogP contribution is -2.21. The van der Waals surface area contributed by atoms with E-state index in [-0.39, 0.29) is 11.8 Å². The molecule has 0 aliphatic carbocycles. The van der Waals surface area contributed by atoms with Crippen LogP contribution in [0.25, 0.3) is 0 Å². The number of nitrogens with one attached hydrogen (secondary N) is 1. The van der Waals surface area contributed by atoms with Crippen LogP contribution < -0.4 is 20.5 Å². The molecule has 20 heavy (non-hydrogen) atoms. The summed E-state index contributed by atoms with van der Waals surface area (Å²) in [6.07, 6.45) is 1.64. The van der Waals surface area contributed by atoms with Gasteiger partial charge in [0.15, 0.2) is 11.5 Å². The van der Waals surface area contributed by atoms with Gasteiger partial charge in [-0.1, -0.05) is 6.92 Å². The van der Waals surface area contributed by atoms with E-state index < -0.39 is 0 Å². The van der Waals surface area contributed by atoms with Gasteiger partial charge in [0.2, 0.25) is 5.91 Å². The van der Waals surface area contributed by atoms with Crippen LogP contribution in [0.4, 0.5) is 5.69 Å². The van der Waals surface area contributed by atoms with E-state index in [4.69, 9.17) is 15.2 Å². The number of anilines is 1. The van der Waals surface area contributed by atoms with Crippen LogP contribution in [-0.2, 0) is 4.79 Å². The van der Waals surface area contributed by atoms with Gasteiger partial charge in [-0.05, 0) is 38.4 Å². The second-order valence-corrected chi connectivity index (χ2v) is 4.62. The van der Waals surface area contributed by atoms with E-state index in [1.165, 1.54) is 0 Å². The third-order valence-electron chi connectivity index (χ3n) is 3.02. The maximum Gasteiger partial charge on any atom is 0.227 e. The summed E-state index contributed by atoms with van der Waals surface area (Å²) in [7, 11) is 1.59. The Hall–Kier alpha value is -1.75. The Morgan fingerprint density at radius 3 is 2.75 bits per heavy atom. The summed E-state index contributed by atoms with van der Waals surface area (Å²) in [5.74, 6) is 1.21. The molecule has 1 aromatic rings. The standard InChI is InChI=1S/C15H24N2O3/c1-4-20-14-10-12(7-8-13(14)19-3)17-15(18)11(2)6-5-9-16/h7-8,10-11H,4-6,9,16H2,1-3H3,(H,17,18). The van der Waals surface area contributed by atoms with E-state index in [9.17, 15) is 4.79 Å². The Morgan fingerprint density at radius 2 is 2.15 bits per heavy atom. The highest BCUT2D eigenvalue weighted by molar-refractivity contribution is 5.92. The average Bonchev–Trinajstić information content (AvgIpc) is 2.45. The highest BCUT2D eigenvalue weighted by atomic mass is 16.5. The fourth-order valence-electron chi connectivity index (χ4n) is 1.84. The van der Waals surface area contributed by atoms with Crippen LogP contribution in [-0.4, -0.2) is 26.2 Å². The number of nitrogens with two attached hydrogens (primary N) is 1. The number of benzene rings is 1. The van der Waals surface area contributed by atoms with Crippen LogP contribution in [0.15, 0.2) is 18.2 Å². The van der Waals surface area contributed by atoms with Crippen molar-refractivity contribution in [3.63, 3.8) is 0 Å². The van der Waals surface area contributed by atoms with Crippen LogP contribution in [0.1, 0.15) is 26.7 Å². The molecule has 0 saturated carbocycles. The zero-order valence-corrected chi connectivity index (χ0v) is 12.4. The van der Waals surface area contributed by atoms with Gasteiger partial charge in [0, 0.05) is 17.7 Å². The van der Waals surface area contributed by atoms with E-state index in [1.807, 2.05) is 13.8 Å². The van der Waals surface area contributed by atoms with Gasteiger partial charge in [-0.2, -0.15) is 0 Å². The molecule has 0 fully saturated rings. The summed E-state index contributed by atoms with van der Waals surface area (Å²) >= 11 is 0. The molecule has 0 aliphatic heterocycles. The zero-order chi connectivity index (χ0) is 15.0. The maximum atomic E-state index is 12.0. The smallest absolute Gasteiger partial charge is 0.227 e. The summed E-state index contributed by atoms with van der Waals surface area (Å²) in [5.41, 5.74) is 6.16. The monoisotopic (exact) mass is 280 g/mol. The number of carbonyl (C=O) groups excluding carboxylic acids is 1. The molecule has 1 atom stereocenters. The number of hydrogen-bond acceptors (Lipinski definition) is 4. The predicted molar refractivity (Wildman–Crippen MR) is 80.2 cm³/mol. The van der Waals surface area contributed by atoms with Gasteiger partial charge in [-0.15, -0.1) is 0 Å². The molecule has 112 valence electrons. The molecule has 1 amide bonds. The lowest BCUT2D eigenvalue weighted by Gasteiger charge is -2.14. The highest BCUT2D eigenvalue weighted by Crippen LogP contribution is 2.30. The molecule has 3 N–H and O–H groups in total. The molecule has 0 aromatic heterocycles. The molecule has 0 spiro atoms. The summed E-state index contributed by atoms with van der Waals surface area (Å²) < 4.78 is 10.7. The van der Waals surface area contributed by atoms with Crippen LogP contribution in [0, 0.1) is 5.92 Å². The Kier molecular flexibility index (Phi) is 6.87. The summed E-state index contributed by atoms with van der Waals surface area (Å²) in [6, 6.07) is 5.36. The first-order valence-corrected chi connectivity index (χ1v) is 6.94. The van der Waals surface area contributed by atoms with E-state index in [2.05, 4.69) is 5.32 Å². The second kappa shape index (κ2) is 8.43. The number of amides is 1. The minimum atomic E-state index is -0.0591. The van der Waals surface area contributed by atoms with Crippen LogP contribution in [0.3, 0.4) is 0 Å². The second-order valence-electron chi connectivity index (χ2n) is 4.62. The fraction of sp³-hybridized carbons (Fsp3) is 0.533. The van der Waals surface area contributed by atoms with Crippen LogP contribution in [0.2, 0.25) is 0 Å². The van der Waals surface area contributed by atoms with Crippen molar-refractivity contribution >= 4 is 11.6 Å². The van der Waals surface area contributed by atoms with Crippen molar-refractivity contribution < 1.29 is 14.3 Å². The molecule has 1 unspecified atom stereocenters. The van der Waals surface area contributed by atoms with Crippen molar-refractivity contribution in [3.8, 4) is 11.5 Å². The lowest BCUT2D eigenvalue weighted by molar-refractivity contribution is -0.119. The minimum absolute atomic E-state index is 0.00827. The third kappa shape index (κ3) is 4.74. The van der Waals surface area contributed by atoms with Crippen molar-refractivity contribution in [2.75, 3.05) is 25.6 Å². The van der Waals surface area contributed by atoms with Gasteiger partial charge in [0.1, 0.15) is 0 Å². The van der Waals surface area contributed by atoms with Crippen molar-refractivity contribution in [3.05, 3.63) is 18.2 Å². The molecule has 1 aromatic carbocycles. The first-order valence-electron chi connectivity index (χ1n) is 6.94. The number of ether oxygens (including phenoxy) is 2. The molecular weight excluding hydrogens is 256 g/mol. The summed E-state index contributed by atoms with van der Waals surface area (Å²) in [4.78, 5) is 12.0. The largest absolute Gasteiger partial charge is 0.493 e. The molecule has 5 heteroatoms. The Morgan fingerprint density at radius 1 is 1.40 bits per heavy atom. The molecule has 0 saturated heterocycles. The summed E-state index contributed by atoms with van der Waals surface area (Å²) in [5, 5.41) is 2.89. The van der Waals surface area contributed by atoms with Crippen molar-refractivity contribution in [1.29, 1.82) is 0 Å². The lowest BCUT2D eigenvalue weighted by atomic mass is 10.0. The van der Waals surface area contributed by atoms with E-state index in [0.717, 1.165) is 12.8 Å². The minimum Gasteiger partial charge on any atom is -0.493 e. The normalized spacial score (nSPS) is 11.8. The van der Waals surface area contributed by atoms with Crippen molar-refractivity contribution in [2.45, 2.75) is 26.7 Å². The first kappa shape index (κ1) is 16.3. The average molecular weight is 280 g/mol. The summed E-state index contributed by atoms with van der Waals surface area (Å²) in [6.45, 7) is 4.95. The van der Waals surface area contributed by atoms with Crippen molar-refractivity contribution in [1.82, 2.24) is 0 Å². The van der Waals surface area contributed by atoms with E-state index in [1.54, 1.807) is 25.3 Å². The maximum absolute atomic E-state index is 12.0. The number of hydrogen-bond donors (Lipinski definition) is 2. The Balaban J connectivity index is 2.72. The Bertz CT molecular complexity index is 435. The van der Waals surface area contributed by atoms with Gasteiger partial charge < -0.3 is 20.5 Å². The number of rotatable bonds is 8. The van der Waals surface area contributed by atoms with Crippen LogP contribution >= 0.6 is 0 Å². The highest BCUT2D eigenvalue weighted by Gasteiger charge is 2.13. The van der Waals surface area contributed by atoms with Gasteiger partial charge in [0.05, 0.1) is 13.7 Å². The van der Waals surface area contributed by atoms with E-state index in [0.29, 0.717) is 30.3 Å². The molecule has 1 rings (SSSR count). The first-order chi connectivity index (χ1) is 9.62. The number of methoxy groups -OCH3 is 1. The van der Waals surface area contributed by atoms with E-state index >= 15 is 0 Å². The topological polar surface area (TPSA) is 73.6 Å². The van der Waals surface area contributed by atoms with Gasteiger partial charge >= 0.3 is 0 Å². The van der Waals surface area contributed by atoms with Crippen molar-refractivity contribution in [2.24, 2.45) is 11.7 Å². The number of carbonyl (C=O) groups is 1. The fourth-order valence-corrected chi connectivity index (χ4v) is 1.84. The molecule has 0 heterocycles.